The minimum Gasteiger partial charge on any atom is -0.303 e. The molecule has 1 N–H and O–H groups in total. The summed E-state index contributed by atoms with van der Waals surface area (Å²) in [4.78, 5) is 1.35. The van der Waals surface area contributed by atoms with Gasteiger partial charge in [-0.1, -0.05) is 45.7 Å². The molecule has 1 heterocycles. The zero-order valence-electron chi connectivity index (χ0n) is 11.8. The maximum Gasteiger partial charge on any atom is 0.0410 e. The van der Waals surface area contributed by atoms with E-state index in [1.54, 1.807) is 0 Å². The van der Waals surface area contributed by atoms with Crippen molar-refractivity contribution in [3.63, 3.8) is 0 Å². The molecule has 1 aliphatic heterocycles. The number of hydrogen-bond acceptors (Lipinski definition) is 2. The van der Waals surface area contributed by atoms with Crippen LogP contribution < -0.4 is 5.32 Å². The van der Waals surface area contributed by atoms with Gasteiger partial charge in [0, 0.05) is 26.5 Å². The highest BCUT2D eigenvalue weighted by Crippen LogP contribution is 2.39. The first kappa shape index (κ1) is 15.4. The Morgan fingerprint density at radius 1 is 1.29 bits per heavy atom. The normalized spacial score (nSPS) is 19.1. The Bertz CT molecular complexity index is 646. The number of rotatable bonds is 3. The molecule has 3 rings (SSSR count). The minimum atomic E-state index is 0.292. The molecule has 2 atom stereocenters. The summed E-state index contributed by atoms with van der Waals surface area (Å²) in [6.07, 6.45) is 1.13. The third-order valence-electron chi connectivity index (χ3n) is 3.83. The molecule has 1 aliphatic rings. The van der Waals surface area contributed by atoms with Gasteiger partial charge < -0.3 is 5.32 Å². The van der Waals surface area contributed by atoms with Crippen molar-refractivity contribution in [2.75, 3.05) is 5.75 Å². The molecule has 0 spiro atoms. The van der Waals surface area contributed by atoms with Crippen molar-refractivity contribution in [1.82, 2.24) is 5.32 Å². The van der Waals surface area contributed by atoms with E-state index in [1.165, 1.54) is 16.0 Å². The summed E-state index contributed by atoms with van der Waals surface area (Å²) in [6, 6.07) is 15.3. The highest BCUT2D eigenvalue weighted by molar-refractivity contribution is 9.10. The van der Waals surface area contributed by atoms with E-state index in [0.717, 1.165) is 21.7 Å². The maximum atomic E-state index is 6.18. The lowest BCUT2D eigenvalue weighted by molar-refractivity contribution is 0.449. The molecule has 0 radical (unpaired) electrons. The fourth-order valence-corrected chi connectivity index (χ4v) is 4.67. The fraction of sp³-hybridized carbons (Fsp3) is 0.294. The lowest BCUT2D eigenvalue weighted by atomic mass is 10.0. The SMILES string of the molecule is C[C@H](NC1CCSc2ccc(Cl)cc21)c1ccccc1Br. The second-order valence-electron chi connectivity index (χ2n) is 5.28. The predicted octanol–water partition coefficient (Wildman–Crippen LogP) is 5.99. The van der Waals surface area contributed by atoms with Gasteiger partial charge in [-0.15, -0.1) is 11.8 Å². The minimum absolute atomic E-state index is 0.292. The van der Waals surface area contributed by atoms with Crippen LogP contribution in [-0.4, -0.2) is 5.75 Å². The summed E-state index contributed by atoms with van der Waals surface area (Å²) in [7, 11) is 0. The van der Waals surface area contributed by atoms with Crippen LogP contribution in [-0.2, 0) is 0 Å². The van der Waals surface area contributed by atoms with E-state index in [2.05, 4.69) is 58.5 Å². The van der Waals surface area contributed by atoms with Crippen LogP contribution in [0.3, 0.4) is 0 Å². The first-order chi connectivity index (χ1) is 10.1. The van der Waals surface area contributed by atoms with Crippen LogP contribution in [0.1, 0.15) is 36.6 Å². The van der Waals surface area contributed by atoms with Gasteiger partial charge >= 0.3 is 0 Å². The van der Waals surface area contributed by atoms with Gasteiger partial charge in [-0.05, 0) is 54.5 Å². The zero-order valence-corrected chi connectivity index (χ0v) is 14.9. The largest absolute Gasteiger partial charge is 0.303 e. The van der Waals surface area contributed by atoms with Crippen LogP contribution in [0.25, 0.3) is 0 Å². The van der Waals surface area contributed by atoms with Crippen LogP contribution in [0.4, 0.5) is 0 Å². The zero-order chi connectivity index (χ0) is 14.8. The smallest absolute Gasteiger partial charge is 0.0410 e. The fourth-order valence-electron chi connectivity index (χ4n) is 2.76. The van der Waals surface area contributed by atoms with Crippen molar-refractivity contribution in [2.24, 2.45) is 0 Å². The Morgan fingerprint density at radius 3 is 2.90 bits per heavy atom. The predicted molar refractivity (Wildman–Crippen MR) is 95.2 cm³/mol. The van der Waals surface area contributed by atoms with Crippen LogP contribution in [0.2, 0.25) is 5.02 Å². The lowest BCUT2D eigenvalue weighted by Crippen LogP contribution is -2.27. The first-order valence-corrected chi connectivity index (χ1v) is 9.23. The van der Waals surface area contributed by atoms with Gasteiger partial charge in [-0.2, -0.15) is 0 Å². The quantitative estimate of drug-likeness (QED) is 0.699. The first-order valence-electron chi connectivity index (χ1n) is 7.08. The van der Waals surface area contributed by atoms with Crippen molar-refractivity contribution in [1.29, 1.82) is 0 Å². The molecule has 4 heteroatoms. The average molecular weight is 383 g/mol. The number of fused-ring (bicyclic) bond motifs is 1. The summed E-state index contributed by atoms with van der Waals surface area (Å²) >= 11 is 11.7. The second kappa shape index (κ2) is 6.74. The Morgan fingerprint density at radius 2 is 2.10 bits per heavy atom. The van der Waals surface area contributed by atoms with E-state index in [9.17, 15) is 0 Å². The molecule has 0 aliphatic carbocycles. The highest BCUT2D eigenvalue weighted by atomic mass is 79.9. The number of nitrogens with one attached hydrogen (secondary N) is 1. The van der Waals surface area contributed by atoms with E-state index >= 15 is 0 Å². The van der Waals surface area contributed by atoms with Gasteiger partial charge in [0.05, 0.1) is 0 Å². The third-order valence-corrected chi connectivity index (χ3v) is 5.91. The van der Waals surface area contributed by atoms with Gasteiger partial charge in [0.15, 0.2) is 0 Å². The van der Waals surface area contributed by atoms with Crippen molar-refractivity contribution in [3.05, 3.63) is 63.1 Å². The van der Waals surface area contributed by atoms with Crippen molar-refractivity contribution in [2.45, 2.75) is 30.3 Å². The Hall–Kier alpha value is -0.480. The molecule has 2 aromatic carbocycles. The van der Waals surface area contributed by atoms with Gasteiger partial charge in [0.1, 0.15) is 0 Å². The van der Waals surface area contributed by atoms with E-state index in [-0.39, 0.29) is 0 Å². The van der Waals surface area contributed by atoms with Crippen LogP contribution >= 0.6 is 39.3 Å². The van der Waals surface area contributed by atoms with Gasteiger partial charge in [0.2, 0.25) is 0 Å². The molecule has 0 aromatic heterocycles. The van der Waals surface area contributed by atoms with E-state index in [1.807, 2.05) is 23.9 Å². The molecule has 1 nitrogen and oxygen atoms in total. The Balaban J connectivity index is 1.83. The molecule has 1 unspecified atom stereocenters. The summed E-state index contributed by atoms with van der Waals surface area (Å²) < 4.78 is 1.15. The van der Waals surface area contributed by atoms with Crippen LogP contribution in [0, 0.1) is 0 Å². The highest BCUT2D eigenvalue weighted by Gasteiger charge is 2.23. The topological polar surface area (TPSA) is 12.0 Å². The molecule has 0 saturated heterocycles. The van der Waals surface area contributed by atoms with Gasteiger partial charge in [-0.3, -0.25) is 0 Å². The lowest BCUT2D eigenvalue weighted by Gasteiger charge is -2.29. The second-order valence-corrected chi connectivity index (χ2v) is 7.71. The van der Waals surface area contributed by atoms with E-state index in [0.29, 0.717) is 12.1 Å². The van der Waals surface area contributed by atoms with Crippen molar-refractivity contribution in [3.8, 4) is 0 Å². The van der Waals surface area contributed by atoms with Crippen LogP contribution in [0.15, 0.2) is 51.8 Å². The molecular formula is C17H17BrClNS. The number of benzene rings is 2. The Labute approximate surface area is 143 Å². The Kier molecular flexibility index (Phi) is 4.95. The standard InChI is InChI=1S/C17H17BrClNS/c1-11(13-4-2-3-5-15(13)18)20-16-8-9-21-17-7-6-12(19)10-14(16)17/h2-7,10-11,16,20H,8-9H2,1H3/t11-,16?/m0/s1. The molecule has 0 saturated carbocycles. The molecule has 0 amide bonds. The average Bonchev–Trinajstić information content (AvgIpc) is 2.48. The van der Waals surface area contributed by atoms with Gasteiger partial charge in [0.25, 0.3) is 0 Å². The van der Waals surface area contributed by atoms with Gasteiger partial charge in [-0.25, -0.2) is 0 Å². The molecular weight excluding hydrogens is 366 g/mol. The molecule has 110 valence electrons. The van der Waals surface area contributed by atoms with Crippen molar-refractivity contribution >= 4 is 39.3 Å². The monoisotopic (exact) mass is 381 g/mol. The number of hydrogen-bond donors (Lipinski definition) is 1. The number of thioether (sulfide) groups is 1. The summed E-state index contributed by atoms with van der Waals surface area (Å²) in [5.74, 6) is 1.15. The van der Waals surface area contributed by atoms with E-state index < -0.39 is 0 Å². The van der Waals surface area contributed by atoms with Crippen molar-refractivity contribution < 1.29 is 0 Å². The van der Waals surface area contributed by atoms with Crippen LogP contribution in [0.5, 0.6) is 0 Å². The van der Waals surface area contributed by atoms with E-state index in [4.69, 9.17) is 11.6 Å². The summed E-state index contributed by atoms with van der Waals surface area (Å²) in [5, 5.41) is 4.57. The summed E-state index contributed by atoms with van der Waals surface area (Å²) in [5.41, 5.74) is 2.62. The summed E-state index contributed by atoms with van der Waals surface area (Å²) in [6.45, 7) is 2.21. The molecule has 0 bridgehead atoms. The maximum absolute atomic E-state index is 6.18. The third kappa shape index (κ3) is 3.48. The molecule has 2 aromatic rings. The molecule has 0 fully saturated rings. The number of halogens is 2. The molecule has 21 heavy (non-hydrogen) atoms.